The summed E-state index contributed by atoms with van der Waals surface area (Å²) < 4.78 is 40.6. The predicted octanol–water partition coefficient (Wildman–Crippen LogP) is 4.23. The second-order valence-electron chi connectivity index (χ2n) is 3.91. The molecule has 1 saturated carbocycles. The van der Waals surface area contributed by atoms with Gasteiger partial charge in [0.25, 0.3) is 0 Å². The van der Waals surface area contributed by atoms with E-state index in [1.165, 1.54) is 0 Å². The second-order valence-corrected chi connectivity index (χ2v) is 4.82. The van der Waals surface area contributed by atoms with Crippen LogP contribution in [0.1, 0.15) is 24.3 Å². The van der Waals surface area contributed by atoms with Gasteiger partial charge in [-0.15, -0.1) is 13.2 Å². The van der Waals surface area contributed by atoms with E-state index in [0.29, 0.717) is 12.8 Å². The molecule has 1 aromatic carbocycles. The molecule has 0 unspecified atom stereocenters. The Balaban J connectivity index is 1.86. The van der Waals surface area contributed by atoms with Crippen LogP contribution in [0.25, 0.3) is 0 Å². The fourth-order valence-corrected chi connectivity index (χ4v) is 2.12. The molecular weight excluding hydrogens is 285 g/mol. The number of alkyl halides is 3. The van der Waals surface area contributed by atoms with Crippen molar-refractivity contribution in [3.8, 4) is 0 Å². The lowest BCUT2D eigenvalue weighted by Crippen LogP contribution is -2.34. The van der Waals surface area contributed by atoms with E-state index in [1.807, 2.05) is 24.3 Å². The van der Waals surface area contributed by atoms with Crippen molar-refractivity contribution in [2.24, 2.45) is 0 Å². The predicted molar refractivity (Wildman–Crippen MR) is 57.0 cm³/mol. The Morgan fingerprint density at radius 3 is 2.19 bits per heavy atom. The molecule has 0 atom stereocenters. The van der Waals surface area contributed by atoms with Crippen molar-refractivity contribution in [2.45, 2.75) is 31.2 Å². The van der Waals surface area contributed by atoms with Crippen molar-refractivity contribution in [3.05, 3.63) is 34.3 Å². The molecule has 0 N–H and O–H groups in total. The maximum atomic E-state index is 11.9. The Bertz CT molecular complexity index is 354. The number of halogens is 4. The molecule has 0 radical (unpaired) electrons. The number of ether oxygens (including phenoxy) is 1. The number of rotatable bonds is 2. The Hall–Kier alpha value is -0.550. The van der Waals surface area contributed by atoms with Gasteiger partial charge in [-0.25, -0.2) is 0 Å². The first-order valence-electron chi connectivity index (χ1n) is 4.94. The van der Waals surface area contributed by atoms with Gasteiger partial charge in [-0.3, -0.25) is 4.74 Å². The number of benzene rings is 1. The summed E-state index contributed by atoms with van der Waals surface area (Å²) in [6.45, 7) is 0. The third-order valence-electron chi connectivity index (χ3n) is 2.74. The van der Waals surface area contributed by atoms with Crippen LogP contribution in [-0.4, -0.2) is 12.5 Å². The third kappa shape index (κ3) is 2.98. The van der Waals surface area contributed by atoms with Crippen LogP contribution in [0.15, 0.2) is 28.7 Å². The van der Waals surface area contributed by atoms with Gasteiger partial charge in [0.05, 0.1) is 6.10 Å². The lowest BCUT2D eigenvalue weighted by Gasteiger charge is -2.35. The highest BCUT2D eigenvalue weighted by Crippen LogP contribution is 2.41. The van der Waals surface area contributed by atoms with Crippen molar-refractivity contribution in [2.75, 3.05) is 0 Å². The van der Waals surface area contributed by atoms with Gasteiger partial charge in [-0.05, 0) is 36.5 Å². The first-order valence-corrected chi connectivity index (χ1v) is 5.73. The van der Waals surface area contributed by atoms with Crippen molar-refractivity contribution in [1.29, 1.82) is 0 Å². The molecule has 0 bridgehead atoms. The Labute approximate surface area is 99.7 Å². The van der Waals surface area contributed by atoms with E-state index in [-0.39, 0.29) is 5.92 Å². The Morgan fingerprint density at radius 1 is 1.12 bits per heavy atom. The van der Waals surface area contributed by atoms with Gasteiger partial charge in [-0.2, -0.15) is 0 Å². The number of hydrogen-bond donors (Lipinski definition) is 0. The normalized spacial score (nSPS) is 25.2. The average Bonchev–Trinajstić information content (AvgIpc) is 2.11. The summed E-state index contributed by atoms with van der Waals surface area (Å²) in [5.74, 6) is 0.195. The maximum Gasteiger partial charge on any atom is 0.522 e. The fraction of sp³-hybridized carbons (Fsp3) is 0.455. The fourth-order valence-electron chi connectivity index (χ4n) is 1.86. The van der Waals surface area contributed by atoms with Crippen LogP contribution in [0.5, 0.6) is 0 Å². The molecular formula is C11H10BrF3O. The molecule has 0 amide bonds. The van der Waals surface area contributed by atoms with Crippen LogP contribution in [0, 0.1) is 0 Å². The molecule has 0 aromatic heterocycles. The minimum absolute atomic E-state index is 0.195. The van der Waals surface area contributed by atoms with Gasteiger partial charge in [0.2, 0.25) is 0 Å². The van der Waals surface area contributed by atoms with Gasteiger partial charge in [-0.1, -0.05) is 28.1 Å². The standard InChI is InChI=1S/C11H10BrF3O/c12-9-3-1-7(2-4-9)8-5-10(6-8)16-11(13,14)15/h1-4,8,10H,5-6H2/t8-,10+. The van der Waals surface area contributed by atoms with E-state index < -0.39 is 12.5 Å². The van der Waals surface area contributed by atoms with E-state index in [0.717, 1.165) is 10.0 Å². The highest BCUT2D eigenvalue weighted by Gasteiger charge is 2.40. The Kier molecular flexibility index (Phi) is 3.26. The topological polar surface area (TPSA) is 9.23 Å². The largest absolute Gasteiger partial charge is 0.522 e. The molecule has 0 saturated heterocycles. The number of hydrogen-bond acceptors (Lipinski definition) is 1. The summed E-state index contributed by atoms with van der Waals surface area (Å²) in [5.41, 5.74) is 1.07. The molecule has 88 valence electrons. The van der Waals surface area contributed by atoms with Crippen LogP contribution in [0.2, 0.25) is 0 Å². The molecule has 1 aliphatic rings. The smallest absolute Gasteiger partial charge is 0.289 e. The molecule has 1 aromatic rings. The van der Waals surface area contributed by atoms with Crippen LogP contribution in [-0.2, 0) is 4.74 Å². The van der Waals surface area contributed by atoms with Crippen molar-refractivity contribution < 1.29 is 17.9 Å². The van der Waals surface area contributed by atoms with Gasteiger partial charge in [0.15, 0.2) is 0 Å². The third-order valence-corrected chi connectivity index (χ3v) is 3.27. The zero-order valence-corrected chi connectivity index (χ0v) is 9.88. The van der Waals surface area contributed by atoms with Crippen LogP contribution < -0.4 is 0 Å². The highest BCUT2D eigenvalue weighted by molar-refractivity contribution is 9.10. The van der Waals surface area contributed by atoms with Gasteiger partial charge >= 0.3 is 6.36 Å². The van der Waals surface area contributed by atoms with E-state index in [4.69, 9.17) is 0 Å². The van der Waals surface area contributed by atoms with Crippen LogP contribution in [0.3, 0.4) is 0 Å². The van der Waals surface area contributed by atoms with E-state index in [2.05, 4.69) is 20.7 Å². The molecule has 5 heteroatoms. The minimum atomic E-state index is -4.50. The highest BCUT2D eigenvalue weighted by atomic mass is 79.9. The summed E-state index contributed by atoms with van der Waals surface area (Å²) in [4.78, 5) is 0. The monoisotopic (exact) mass is 294 g/mol. The zero-order valence-electron chi connectivity index (χ0n) is 8.30. The van der Waals surface area contributed by atoms with Crippen molar-refractivity contribution in [3.63, 3.8) is 0 Å². The van der Waals surface area contributed by atoms with Crippen LogP contribution >= 0.6 is 15.9 Å². The maximum absolute atomic E-state index is 11.9. The average molecular weight is 295 g/mol. The van der Waals surface area contributed by atoms with Crippen LogP contribution in [0.4, 0.5) is 13.2 Å². The zero-order chi connectivity index (χ0) is 11.8. The quantitative estimate of drug-likeness (QED) is 0.793. The summed E-state index contributed by atoms with van der Waals surface area (Å²) in [5, 5.41) is 0. The molecule has 1 nitrogen and oxygen atoms in total. The summed E-state index contributed by atoms with van der Waals surface area (Å²) in [7, 11) is 0. The van der Waals surface area contributed by atoms with Gasteiger partial charge < -0.3 is 0 Å². The van der Waals surface area contributed by atoms with Gasteiger partial charge in [0.1, 0.15) is 0 Å². The molecule has 0 heterocycles. The van der Waals surface area contributed by atoms with Crippen molar-refractivity contribution >= 4 is 15.9 Å². The second kappa shape index (κ2) is 4.37. The summed E-state index contributed by atoms with van der Waals surface area (Å²) >= 11 is 3.31. The molecule has 1 aliphatic carbocycles. The minimum Gasteiger partial charge on any atom is -0.289 e. The summed E-state index contributed by atoms with van der Waals surface area (Å²) in [6.07, 6.45) is -4.29. The molecule has 0 spiro atoms. The van der Waals surface area contributed by atoms with E-state index in [1.54, 1.807) is 0 Å². The molecule has 16 heavy (non-hydrogen) atoms. The van der Waals surface area contributed by atoms with E-state index >= 15 is 0 Å². The Morgan fingerprint density at radius 2 is 1.69 bits per heavy atom. The lowest BCUT2D eigenvalue weighted by molar-refractivity contribution is -0.351. The molecule has 1 fully saturated rings. The van der Waals surface area contributed by atoms with E-state index in [9.17, 15) is 13.2 Å². The SMILES string of the molecule is FC(F)(F)O[C@H]1C[C@@H](c2ccc(Br)cc2)C1. The molecule has 2 rings (SSSR count). The van der Waals surface area contributed by atoms with Gasteiger partial charge in [0, 0.05) is 4.47 Å². The molecule has 0 aliphatic heterocycles. The first-order chi connectivity index (χ1) is 7.44. The first kappa shape index (κ1) is 11.9. The summed E-state index contributed by atoms with van der Waals surface area (Å²) in [6, 6.07) is 7.65. The lowest BCUT2D eigenvalue weighted by atomic mass is 9.77. The van der Waals surface area contributed by atoms with Crippen molar-refractivity contribution in [1.82, 2.24) is 0 Å².